The normalized spacial score (nSPS) is 17.8. The van der Waals surface area contributed by atoms with Crippen molar-refractivity contribution in [1.82, 2.24) is 25.4 Å². The number of nitrogens with one attached hydrogen (secondary N) is 3. The molecule has 302 valence electrons. The number of ether oxygens (including phenoxy) is 1. The van der Waals surface area contributed by atoms with Crippen LogP contribution in [0.25, 0.3) is 21.7 Å². The van der Waals surface area contributed by atoms with Crippen molar-refractivity contribution >= 4 is 78.8 Å². The van der Waals surface area contributed by atoms with Gasteiger partial charge in [-0.25, -0.2) is 9.59 Å². The van der Waals surface area contributed by atoms with Gasteiger partial charge in [0.2, 0.25) is 11.8 Å². The zero-order valence-corrected chi connectivity index (χ0v) is 34.1. The van der Waals surface area contributed by atoms with Gasteiger partial charge in [0.15, 0.2) is 0 Å². The second kappa shape index (κ2) is 16.7. The molecule has 16 heteroatoms. The van der Waals surface area contributed by atoms with E-state index in [0.29, 0.717) is 67.2 Å². The van der Waals surface area contributed by atoms with Crippen LogP contribution < -0.4 is 36.6 Å². The highest BCUT2D eigenvalue weighted by Crippen LogP contribution is 2.46. The molecule has 3 aliphatic rings. The third kappa shape index (κ3) is 8.03. The molecule has 7 N–H and O–H groups in total. The van der Waals surface area contributed by atoms with Crippen LogP contribution in [0.3, 0.4) is 0 Å². The van der Waals surface area contributed by atoms with E-state index in [9.17, 15) is 24.0 Å². The first-order valence-corrected chi connectivity index (χ1v) is 20.6. The Balaban J connectivity index is 1.16. The van der Waals surface area contributed by atoms with Gasteiger partial charge in [-0.1, -0.05) is 54.0 Å². The molecule has 15 nitrogen and oxygen atoms in total. The van der Waals surface area contributed by atoms with Crippen molar-refractivity contribution in [3.05, 3.63) is 65.4 Å². The van der Waals surface area contributed by atoms with Crippen LogP contribution in [-0.2, 0) is 16.0 Å². The summed E-state index contributed by atoms with van der Waals surface area (Å²) in [7, 11) is 2.03. The summed E-state index contributed by atoms with van der Waals surface area (Å²) in [5, 5.41) is 8.58. The average Bonchev–Trinajstić information content (AvgIpc) is 3.93. The summed E-state index contributed by atoms with van der Waals surface area (Å²) < 4.78 is 6.08. The third-order valence-corrected chi connectivity index (χ3v) is 12.2. The van der Waals surface area contributed by atoms with E-state index in [4.69, 9.17) is 16.2 Å². The Morgan fingerprint density at radius 1 is 0.947 bits per heavy atom. The Morgan fingerprint density at radius 2 is 1.68 bits per heavy atom. The van der Waals surface area contributed by atoms with Gasteiger partial charge in [0.05, 0.1) is 11.7 Å². The number of piperazine rings is 1. The van der Waals surface area contributed by atoms with E-state index in [1.807, 2.05) is 69.4 Å². The zero-order valence-electron chi connectivity index (χ0n) is 32.5. The van der Waals surface area contributed by atoms with Crippen molar-refractivity contribution in [3.8, 4) is 5.75 Å². The van der Waals surface area contributed by atoms with Crippen LogP contribution in [-0.4, -0.2) is 115 Å². The van der Waals surface area contributed by atoms with Crippen molar-refractivity contribution in [2.24, 2.45) is 17.4 Å². The minimum Gasteiger partial charge on any atom is -0.409 e. The molecular weight excluding hydrogens is 794 g/mol. The number of nitrogens with two attached hydrogens (primary N) is 2. The first kappa shape index (κ1) is 40.0. The average molecular weight is 845 g/mol. The number of carbonyl (C=O) groups excluding carboxylic acids is 5. The maximum atomic E-state index is 14.5. The van der Waals surface area contributed by atoms with Crippen molar-refractivity contribution in [1.29, 1.82) is 0 Å². The smallest absolute Gasteiger partial charge is 0.409 e. The lowest BCUT2D eigenvalue weighted by molar-refractivity contribution is -0.129. The fourth-order valence-electron chi connectivity index (χ4n) is 8.10. The lowest BCUT2D eigenvalue weighted by Crippen LogP contribution is -2.53. The van der Waals surface area contributed by atoms with Crippen LogP contribution >= 0.6 is 15.9 Å². The van der Waals surface area contributed by atoms with E-state index < -0.39 is 30.1 Å². The van der Waals surface area contributed by atoms with Crippen LogP contribution in [0.5, 0.6) is 5.75 Å². The van der Waals surface area contributed by atoms with Gasteiger partial charge in [-0.15, -0.1) is 0 Å². The number of alkyl halides is 1. The van der Waals surface area contributed by atoms with Crippen LogP contribution in [0.15, 0.2) is 48.5 Å². The number of urea groups is 1. The molecule has 3 aliphatic heterocycles. The zero-order chi connectivity index (χ0) is 40.5. The Morgan fingerprint density at radius 3 is 2.39 bits per heavy atom. The topological polar surface area (TPSA) is 199 Å². The summed E-state index contributed by atoms with van der Waals surface area (Å²) in [5.41, 5.74) is 15.8. The number of fused-ring (bicyclic) bond motifs is 6. The van der Waals surface area contributed by atoms with Crippen molar-refractivity contribution in [2.75, 3.05) is 68.0 Å². The molecule has 6 amide bonds. The van der Waals surface area contributed by atoms with Gasteiger partial charge in [0.25, 0.3) is 5.91 Å². The summed E-state index contributed by atoms with van der Waals surface area (Å²) >= 11 is 3.69. The molecule has 4 aromatic rings. The second-order valence-corrected chi connectivity index (χ2v) is 16.1. The number of H-pyrrole nitrogens is 1. The van der Waals surface area contributed by atoms with Gasteiger partial charge in [0.1, 0.15) is 17.5 Å². The summed E-state index contributed by atoms with van der Waals surface area (Å²) in [6.07, 6.45) is 0.813. The number of benzene rings is 3. The maximum Gasteiger partial charge on any atom is 0.415 e. The number of nitrogens with zero attached hydrogens (tertiary/aromatic N) is 4. The van der Waals surface area contributed by atoms with Gasteiger partial charge in [0, 0.05) is 85.1 Å². The molecule has 0 radical (unpaired) electrons. The van der Waals surface area contributed by atoms with Crippen LogP contribution in [0.1, 0.15) is 54.2 Å². The Kier molecular flexibility index (Phi) is 11.7. The van der Waals surface area contributed by atoms with E-state index in [2.05, 4.69) is 36.4 Å². The first-order chi connectivity index (χ1) is 27.4. The number of halogens is 1. The lowest BCUT2D eigenvalue weighted by atomic mass is 9.95. The number of carbonyl (C=O) groups is 5. The highest BCUT2D eigenvalue weighted by molar-refractivity contribution is 9.09. The van der Waals surface area contributed by atoms with Crippen molar-refractivity contribution < 1.29 is 28.7 Å². The molecule has 4 heterocycles. The molecule has 0 aliphatic carbocycles. The Labute approximate surface area is 339 Å². The Hall–Kier alpha value is -5.19. The number of aromatic nitrogens is 1. The number of hydrogen-bond donors (Lipinski definition) is 5. The summed E-state index contributed by atoms with van der Waals surface area (Å²) in [6.45, 7) is 7.42. The molecule has 3 atom stereocenters. The second-order valence-electron chi connectivity index (χ2n) is 15.5. The quantitative estimate of drug-likeness (QED) is 0.110. The number of rotatable bonds is 11. The number of anilines is 2. The van der Waals surface area contributed by atoms with Crippen molar-refractivity contribution in [3.63, 3.8) is 0 Å². The number of aromatic amines is 1. The molecule has 0 saturated carbocycles. The first-order valence-electron chi connectivity index (χ1n) is 19.5. The maximum absolute atomic E-state index is 14.5. The summed E-state index contributed by atoms with van der Waals surface area (Å²) in [6, 6.07) is 12.9. The molecule has 7 rings (SSSR count). The molecule has 1 fully saturated rings. The number of amides is 6. The lowest BCUT2D eigenvalue weighted by Gasteiger charge is -2.31. The highest BCUT2D eigenvalue weighted by Gasteiger charge is 2.37. The van der Waals surface area contributed by atoms with E-state index >= 15 is 0 Å². The SMILES string of the molecule is CC(C)[C@H](N)C(=O)N[C@@H](CCCNC(N)=O)C(=O)N1CCc2c1ccc1[nH]c(C(=O)N3C[C@@H](CBr)c4c3cc(OC(=O)N3CCN(C)CC3)c3ccccc43)cc21. The monoisotopic (exact) mass is 843 g/mol. The van der Waals surface area contributed by atoms with Crippen molar-refractivity contribution in [2.45, 2.75) is 51.1 Å². The molecule has 1 saturated heterocycles. The number of primary amides is 1. The minimum absolute atomic E-state index is 0.000435. The van der Waals surface area contributed by atoms with Gasteiger partial charge in [-0.2, -0.15) is 0 Å². The minimum atomic E-state index is -0.874. The van der Waals surface area contributed by atoms with E-state index in [1.165, 1.54) is 0 Å². The summed E-state index contributed by atoms with van der Waals surface area (Å²) in [4.78, 5) is 76.9. The molecule has 3 aromatic carbocycles. The molecule has 0 unspecified atom stereocenters. The van der Waals surface area contributed by atoms with Gasteiger partial charge >= 0.3 is 12.1 Å². The molecule has 57 heavy (non-hydrogen) atoms. The number of hydrogen-bond acceptors (Lipinski definition) is 8. The van der Waals surface area contributed by atoms with E-state index in [1.54, 1.807) is 14.7 Å². The molecule has 0 bridgehead atoms. The largest absolute Gasteiger partial charge is 0.415 e. The fraction of sp³-hybridized carbons (Fsp3) is 0.439. The fourth-order valence-corrected chi connectivity index (χ4v) is 8.63. The standard InChI is InChI=1S/C41H50BrN9O6/c1-23(2)36(43)37(52)47-30(9-6-13-45-40(44)55)38(53)50-14-12-25-28-19-31(46-29(28)10-11-32(25)50)39(54)51-22-24(21-42)35-27-8-5-4-7-26(27)34(20-33(35)51)57-41(56)49-17-15-48(3)16-18-49/h4-5,7-8,10-11,19-20,23-24,30,36,46H,6,9,12-18,21-22,43H2,1-3H3,(H,47,52)(H3,44,45,55)/t24-,30+,36+/m1/s1. The summed E-state index contributed by atoms with van der Waals surface area (Å²) in [5.74, 6) is -0.655. The van der Waals surface area contributed by atoms with Gasteiger partial charge < -0.3 is 51.4 Å². The number of likely N-dealkylation sites (N-methyl/N-ethyl adjacent to an activating group) is 1. The molecule has 1 aromatic heterocycles. The van der Waals surface area contributed by atoms with E-state index in [-0.39, 0.29) is 36.6 Å². The highest BCUT2D eigenvalue weighted by atomic mass is 79.9. The van der Waals surface area contributed by atoms with Gasteiger partial charge in [-0.05, 0) is 66.9 Å². The van der Waals surface area contributed by atoms with Crippen LogP contribution in [0.2, 0.25) is 0 Å². The van der Waals surface area contributed by atoms with Gasteiger partial charge in [-0.3, -0.25) is 14.4 Å². The molecular formula is C41H50BrN9O6. The third-order valence-electron chi connectivity index (χ3n) is 11.4. The Bertz CT molecular complexity index is 2220. The van der Waals surface area contributed by atoms with Crippen LogP contribution in [0, 0.1) is 5.92 Å². The predicted molar refractivity (Wildman–Crippen MR) is 223 cm³/mol. The van der Waals surface area contributed by atoms with E-state index in [0.717, 1.165) is 45.9 Å². The van der Waals surface area contributed by atoms with Crippen LogP contribution in [0.4, 0.5) is 21.0 Å². The molecule has 0 spiro atoms. The predicted octanol–water partition coefficient (Wildman–Crippen LogP) is 4.01.